The first-order valence-corrected chi connectivity index (χ1v) is 15.2. The van der Waals surface area contributed by atoms with Gasteiger partial charge in [0.1, 0.15) is 22.9 Å². The molecule has 0 unspecified atom stereocenters. The predicted molar refractivity (Wildman–Crippen MR) is 176 cm³/mol. The lowest BCUT2D eigenvalue weighted by Gasteiger charge is -2.22. The van der Waals surface area contributed by atoms with Gasteiger partial charge in [0.25, 0.3) is 11.4 Å². The van der Waals surface area contributed by atoms with Crippen LogP contribution in [0.4, 0.5) is 49.1 Å². The van der Waals surface area contributed by atoms with Gasteiger partial charge in [-0.2, -0.15) is 26.3 Å². The summed E-state index contributed by atoms with van der Waals surface area (Å²) >= 11 is 25.4. The normalized spacial score (nSPS) is 11.8. The Morgan fingerprint density at radius 2 is 0.918 bits per heavy atom. The van der Waals surface area contributed by atoms with Crippen LogP contribution in [-0.2, 0) is 12.4 Å². The molecule has 0 radical (unpaired) electrons. The van der Waals surface area contributed by atoms with Gasteiger partial charge in [-0.25, -0.2) is 0 Å². The van der Waals surface area contributed by atoms with Crippen molar-refractivity contribution in [2.24, 2.45) is 0 Å². The standard InChI is InChI=1S/C30H20Cl4F6N4O5/c1-3-41-27-19(43(45)46)5-7-21(25(27)23-15(31)9-13(10-16(23)32)29(35,36)37)49-22-8-6-20(44(47)48)28(42-4-2)26(22)24-17(33)11-14(12-18(24)34)30(38,39)40/h5-12,41-42H,3-4H2,1-2H3. The molecule has 0 spiro atoms. The summed E-state index contributed by atoms with van der Waals surface area (Å²) in [4.78, 5) is 22.6. The van der Waals surface area contributed by atoms with E-state index in [4.69, 9.17) is 51.1 Å². The van der Waals surface area contributed by atoms with Crippen LogP contribution in [0.2, 0.25) is 20.1 Å². The van der Waals surface area contributed by atoms with Gasteiger partial charge in [-0.3, -0.25) is 20.2 Å². The van der Waals surface area contributed by atoms with E-state index < -0.39 is 64.8 Å². The molecule has 0 aromatic heterocycles. The number of nitrogens with one attached hydrogen (secondary N) is 2. The third-order valence-corrected chi connectivity index (χ3v) is 8.04. The minimum atomic E-state index is -4.87. The second kappa shape index (κ2) is 14.4. The smallest absolute Gasteiger partial charge is 0.416 e. The number of nitro groups is 2. The van der Waals surface area contributed by atoms with Crippen molar-refractivity contribution < 1.29 is 40.9 Å². The number of anilines is 2. The molecule has 0 aliphatic heterocycles. The summed E-state index contributed by atoms with van der Waals surface area (Å²) in [5.74, 6) is -0.636. The Bertz CT molecular complexity index is 1790. The largest absolute Gasteiger partial charge is 0.456 e. The topological polar surface area (TPSA) is 120 Å². The second-order valence-corrected chi connectivity index (χ2v) is 11.6. The molecule has 9 nitrogen and oxygen atoms in total. The van der Waals surface area contributed by atoms with Crippen LogP contribution in [0, 0.1) is 20.2 Å². The summed E-state index contributed by atoms with van der Waals surface area (Å²) in [6.45, 7) is 3.25. The fraction of sp³-hybridized carbons (Fsp3) is 0.200. The molecular weight excluding hydrogens is 752 g/mol. The van der Waals surface area contributed by atoms with E-state index in [-0.39, 0.29) is 58.2 Å². The highest BCUT2D eigenvalue weighted by atomic mass is 35.5. The Kier molecular flexibility index (Phi) is 11.0. The summed E-state index contributed by atoms with van der Waals surface area (Å²) in [5.41, 5.74) is -5.27. The molecule has 0 fully saturated rings. The first-order chi connectivity index (χ1) is 22.8. The molecule has 0 saturated heterocycles. The van der Waals surface area contributed by atoms with Crippen molar-refractivity contribution in [1.82, 2.24) is 0 Å². The van der Waals surface area contributed by atoms with E-state index >= 15 is 0 Å². The molecule has 19 heteroatoms. The quantitative estimate of drug-likeness (QED) is 0.0935. The number of halogens is 10. The zero-order valence-corrected chi connectivity index (χ0v) is 27.8. The van der Waals surface area contributed by atoms with E-state index in [1.54, 1.807) is 13.8 Å². The van der Waals surface area contributed by atoms with Gasteiger partial charge in [-0.15, -0.1) is 0 Å². The Morgan fingerprint density at radius 3 is 1.16 bits per heavy atom. The molecule has 2 N–H and O–H groups in total. The van der Waals surface area contributed by atoms with Gasteiger partial charge in [0.05, 0.1) is 52.2 Å². The first-order valence-electron chi connectivity index (χ1n) is 13.7. The lowest BCUT2D eigenvalue weighted by molar-refractivity contribution is -0.384. The molecule has 260 valence electrons. The molecule has 0 amide bonds. The van der Waals surface area contributed by atoms with Crippen LogP contribution in [0.1, 0.15) is 25.0 Å². The number of nitrogens with zero attached hydrogens (tertiary/aromatic N) is 2. The van der Waals surface area contributed by atoms with E-state index in [2.05, 4.69) is 10.6 Å². The number of nitro benzene ring substituents is 2. The third kappa shape index (κ3) is 7.69. The van der Waals surface area contributed by atoms with Crippen LogP contribution in [0.25, 0.3) is 22.3 Å². The average molecular weight is 772 g/mol. The van der Waals surface area contributed by atoms with Gasteiger partial charge in [0.2, 0.25) is 0 Å². The fourth-order valence-electron chi connectivity index (χ4n) is 4.90. The van der Waals surface area contributed by atoms with Gasteiger partial charge in [0.15, 0.2) is 0 Å². The molecule has 0 saturated carbocycles. The van der Waals surface area contributed by atoms with Gasteiger partial charge >= 0.3 is 12.4 Å². The number of ether oxygens (including phenoxy) is 1. The maximum absolute atomic E-state index is 13.6. The second-order valence-electron chi connectivity index (χ2n) is 9.97. The van der Waals surface area contributed by atoms with E-state index in [0.29, 0.717) is 24.3 Å². The van der Waals surface area contributed by atoms with Crippen molar-refractivity contribution in [2.45, 2.75) is 26.2 Å². The summed E-state index contributed by atoms with van der Waals surface area (Å²) in [6, 6.07) is 6.41. The van der Waals surface area contributed by atoms with E-state index in [1.165, 1.54) is 0 Å². The molecule has 0 atom stereocenters. The SMILES string of the molecule is CCNc1c([N+](=O)[O-])ccc(Oc2ccc([N+](=O)[O-])c(NCC)c2-c2c(Cl)cc(C(F)(F)F)cc2Cl)c1-c1c(Cl)cc(C(F)(F)F)cc1Cl. The maximum atomic E-state index is 13.6. The molecule has 4 aromatic rings. The molecule has 0 aliphatic rings. The number of rotatable bonds is 10. The highest BCUT2D eigenvalue weighted by Crippen LogP contribution is 2.54. The molecule has 0 bridgehead atoms. The van der Waals surface area contributed by atoms with Crippen molar-refractivity contribution in [2.75, 3.05) is 23.7 Å². The number of hydrogen-bond donors (Lipinski definition) is 2. The summed E-state index contributed by atoms with van der Waals surface area (Å²) in [5, 5.41) is 27.4. The minimum Gasteiger partial charge on any atom is -0.456 e. The van der Waals surface area contributed by atoms with Crippen molar-refractivity contribution >= 4 is 69.2 Å². The maximum Gasteiger partial charge on any atom is 0.416 e. The van der Waals surface area contributed by atoms with Crippen LogP contribution in [0.5, 0.6) is 11.5 Å². The Hall–Kier alpha value is -4.18. The van der Waals surface area contributed by atoms with E-state index in [0.717, 1.165) is 24.3 Å². The molecule has 0 aliphatic carbocycles. The van der Waals surface area contributed by atoms with Crippen molar-refractivity contribution in [1.29, 1.82) is 0 Å². The van der Waals surface area contributed by atoms with E-state index in [1.807, 2.05) is 0 Å². The predicted octanol–water partition coefficient (Wildman–Crippen LogP) is 12.1. The Balaban J connectivity index is 2.13. The first kappa shape index (κ1) is 37.6. The lowest BCUT2D eigenvalue weighted by Crippen LogP contribution is -2.08. The summed E-state index contributed by atoms with van der Waals surface area (Å²) in [6.07, 6.45) is -9.73. The molecule has 4 rings (SSSR count). The van der Waals surface area contributed by atoms with E-state index in [9.17, 15) is 46.6 Å². The molecular formula is C30H20Cl4F6N4O5. The van der Waals surface area contributed by atoms with Crippen molar-refractivity contribution in [3.63, 3.8) is 0 Å². The zero-order valence-electron chi connectivity index (χ0n) is 24.7. The number of benzene rings is 4. The van der Waals surface area contributed by atoms with Crippen LogP contribution in [-0.4, -0.2) is 22.9 Å². The van der Waals surface area contributed by atoms with Crippen LogP contribution < -0.4 is 15.4 Å². The molecule has 4 aromatic carbocycles. The zero-order chi connectivity index (χ0) is 36.6. The fourth-order valence-corrected chi connectivity index (χ4v) is 6.25. The third-order valence-electron chi connectivity index (χ3n) is 6.85. The monoisotopic (exact) mass is 770 g/mol. The molecule has 0 heterocycles. The van der Waals surface area contributed by atoms with Crippen LogP contribution in [0.3, 0.4) is 0 Å². The van der Waals surface area contributed by atoms with Crippen LogP contribution in [0.15, 0.2) is 48.5 Å². The van der Waals surface area contributed by atoms with Gasteiger partial charge in [-0.1, -0.05) is 46.4 Å². The van der Waals surface area contributed by atoms with Crippen molar-refractivity contribution in [3.8, 4) is 33.8 Å². The highest BCUT2D eigenvalue weighted by Gasteiger charge is 2.36. The number of hydrogen-bond acceptors (Lipinski definition) is 7. The average Bonchev–Trinajstić information content (AvgIpc) is 2.97. The van der Waals surface area contributed by atoms with Gasteiger partial charge in [0, 0.05) is 36.3 Å². The lowest BCUT2D eigenvalue weighted by atomic mass is 9.97. The number of alkyl halides is 6. The van der Waals surface area contributed by atoms with Crippen LogP contribution >= 0.6 is 46.4 Å². The van der Waals surface area contributed by atoms with Gasteiger partial charge in [-0.05, 0) is 50.2 Å². The van der Waals surface area contributed by atoms with Crippen molar-refractivity contribution in [3.05, 3.63) is 100.0 Å². The summed E-state index contributed by atoms with van der Waals surface area (Å²) < 4.78 is 87.7. The minimum absolute atomic E-state index is 0.0529. The summed E-state index contributed by atoms with van der Waals surface area (Å²) in [7, 11) is 0. The Labute approximate surface area is 293 Å². The van der Waals surface area contributed by atoms with Gasteiger partial charge < -0.3 is 15.4 Å². The Morgan fingerprint density at radius 1 is 0.612 bits per heavy atom. The molecule has 49 heavy (non-hydrogen) atoms. The highest BCUT2D eigenvalue weighted by molar-refractivity contribution is 6.40.